The highest BCUT2D eigenvalue weighted by Crippen LogP contribution is 2.68. The van der Waals surface area contributed by atoms with Crippen LogP contribution in [0.25, 0.3) is 0 Å². The zero-order chi connectivity index (χ0) is 22.4. The SMILES string of the molecule is C[C@@H](CCC(=O)NCC(=O)O)[C@@H]1CC[C@@H]2[C@H]3CC[C@H]4C[C@@H](O)CC[C@]4(C)[C@@H]3CC[C@]21C. The van der Waals surface area contributed by atoms with Crippen molar-refractivity contribution in [2.75, 3.05) is 6.54 Å². The number of carbonyl (C=O) groups is 2. The molecule has 4 fully saturated rings. The summed E-state index contributed by atoms with van der Waals surface area (Å²) in [5.74, 6) is 3.23. The van der Waals surface area contributed by atoms with Crippen LogP contribution in [0.15, 0.2) is 0 Å². The zero-order valence-corrected chi connectivity index (χ0v) is 19.7. The molecule has 176 valence electrons. The highest BCUT2D eigenvalue weighted by atomic mass is 16.4. The lowest BCUT2D eigenvalue weighted by Gasteiger charge is -2.61. The summed E-state index contributed by atoms with van der Waals surface area (Å²) in [5, 5.41) is 21.5. The van der Waals surface area contributed by atoms with Crippen LogP contribution in [0.3, 0.4) is 0 Å². The molecule has 1 amide bonds. The highest BCUT2D eigenvalue weighted by molar-refractivity contribution is 5.81. The zero-order valence-electron chi connectivity index (χ0n) is 19.7. The molecule has 0 saturated heterocycles. The second kappa shape index (κ2) is 8.68. The Labute approximate surface area is 187 Å². The van der Waals surface area contributed by atoms with Crippen LogP contribution >= 0.6 is 0 Å². The van der Waals surface area contributed by atoms with Crippen molar-refractivity contribution >= 4 is 11.9 Å². The molecule has 4 saturated carbocycles. The number of carboxylic acids is 1. The maximum absolute atomic E-state index is 12.0. The minimum Gasteiger partial charge on any atom is -0.480 e. The standard InChI is InChI=1S/C26H43NO4/c1-16(4-9-23(29)27-15-24(30)31)20-7-8-21-19-6-5-17-14-18(28)10-12-25(17,2)22(19)11-13-26(20,21)3/h16-22,28H,4-15H2,1-3H3,(H,27,29)(H,30,31)/t16-,17-,18-,19+,20-,21+,22+,25-,26-/m0/s1. The number of hydrogen-bond donors (Lipinski definition) is 3. The number of hydrogen-bond acceptors (Lipinski definition) is 3. The predicted octanol–water partition coefficient (Wildman–Crippen LogP) is 4.62. The van der Waals surface area contributed by atoms with Gasteiger partial charge in [0.2, 0.25) is 5.91 Å². The Morgan fingerprint density at radius 3 is 2.45 bits per heavy atom. The van der Waals surface area contributed by atoms with Crippen molar-refractivity contribution < 1.29 is 19.8 Å². The number of carbonyl (C=O) groups excluding carboxylic acids is 1. The van der Waals surface area contributed by atoms with E-state index in [4.69, 9.17) is 5.11 Å². The lowest BCUT2D eigenvalue weighted by Crippen LogP contribution is -2.54. The van der Waals surface area contributed by atoms with E-state index in [2.05, 4.69) is 26.1 Å². The number of rotatable bonds is 6. The number of aliphatic hydroxyl groups excluding tert-OH is 1. The van der Waals surface area contributed by atoms with E-state index in [1.54, 1.807) is 0 Å². The van der Waals surface area contributed by atoms with Crippen LogP contribution < -0.4 is 5.32 Å². The molecule has 0 aromatic heterocycles. The predicted molar refractivity (Wildman–Crippen MR) is 120 cm³/mol. The fourth-order valence-corrected chi connectivity index (χ4v) is 9.03. The van der Waals surface area contributed by atoms with Gasteiger partial charge in [-0.1, -0.05) is 20.8 Å². The van der Waals surface area contributed by atoms with E-state index in [0.717, 1.165) is 37.0 Å². The van der Waals surface area contributed by atoms with Crippen LogP contribution in [-0.2, 0) is 9.59 Å². The number of nitrogens with one attached hydrogen (secondary N) is 1. The van der Waals surface area contributed by atoms with E-state index >= 15 is 0 Å². The van der Waals surface area contributed by atoms with Crippen LogP contribution in [0.5, 0.6) is 0 Å². The monoisotopic (exact) mass is 433 g/mol. The topological polar surface area (TPSA) is 86.6 Å². The Morgan fingerprint density at radius 2 is 1.71 bits per heavy atom. The van der Waals surface area contributed by atoms with Crippen LogP contribution in [-0.4, -0.2) is 34.7 Å². The third kappa shape index (κ3) is 4.16. The molecule has 0 unspecified atom stereocenters. The average molecular weight is 434 g/mol. The van der Waals surface area contributed by atoms with Crippen LogP contribution in [0.2, 0.25) is 0 Å². The van der Waals surface area contributed by atoms with Gasteiger partial charge in [-0.25, -0.2) is 0 Å². The van der Waals surface area contributed by atoms with E-state index in [0.29, 0.717) is 35.0 Å². The third-order valence-corrected chi connectivity index (χ3v) is 10.7. The summed E-state index contributed by atoms with van der Waals surface area (Å²) in [6, 6.07) is 0. The van der Waals surface area contributed by atoms with Gasteiger partial charge in [-0.2, -0.15) is 0 Å². The van der Waals surface area contributed by atoms with Gasteiger partial charge in [0.1, 0.15) is 6.54 Å². The van der Waals surface area contributed by atoms with Crippen molar-refractivity contribution in [1.29, 1.82) is 0 Å². The molecule has 9 atom stereocenters. The first-order valence-corrected chi connectivity index (χ1v) is 12.8. The van der Waals surface area contributed by atoms with Crippen molar-refractivity contribution in [3.63, 3.8) is 0 Å². The van der Waals surface area contributed by atoms with Crippen molar-refractivity contribution in [1.82, 2.24) is 5.32 Å². The quantitative estimate of drug-likeness (QED) is 0.570. The molecule has 3 N–H and O–H groups in total. The van der Waals surface area contributed by atoms with E-state index in [9.17, 15) is 14.7 Å². The summed E-state index contributed by atoms with van der Waals surface area (Å²) in [5.41, 5.74) is 0.810. The van der Waals surface area contributed by atoms with E-state index in [1.165, 1.54) is 44.9 Å². The van der Waals surface area contributed by atoms with Gasteiger partial charge in [0, 0.05) is 6.42 Å². The Hall–Kier alpha value is -1.10. The molecule has 0 spiro atoms. The molecule has 0 aliphatic heterocycles. The van der Waals surface area contributed by atoms with Crippen molar-refractivity contribution in [2.45, 2.75) is 97.5 Å². The fraction of sp³-hybridized carbons (Fsp3) is 0.923. The number of fused-ring (bicyclic) bond motifs is 5. The second-order valence-electron chi connectivity index (χ2n) is 12.0. The maximum Gasteiger partial charge on any atom is 0.322 e. The second-order valence-corrected chi connectivity index (χ2v) is 12.0. The van der Waals surface area contributed by atoms with Gasteiger partial charge < -0.3 is 15.5 Å². The molecule has 0 bridgehead atoms. The van der Waals surface area contributed by atoms with Crippen LogP contribution in [0, 0.1) is 46.3 Å². The number of aliphatic carboxylic acids is 1. The van der Waals surface area contributed by atoms with Gasteiger partial charge in [-0.3, -0.25) is 9.59 Å². The van der Waals surface area contributed by atoms with Crippen LogP contribution in [0.4, 0.5) is 0 Å². The van der Waals surface area contributed by atoms with Crippen molar-refractivity contribution in [3.05, 3.63) is 0 Å². The molecule has 4 rings (SSSR count). The lowest BCUT2D eigenvalue weighted by atomic mass is 9.44. The number of carboxylic acid groups (broad SMARTS) is 1. The maximum atomic E-state index is 12.0. The van der Waals surface area contributed by atoms with Crippen molar-refractivity contribution in [3.8, 4) is 0 Å². The molecule has 0 heterocycles. The molecular weight excluding hydrogens is 390 g/mol. The Bertz CT molecular complexity index is 695. The lowest BCUT2D eigenvalue weighted by molar-refractivity contribution is -0.138. The van der Waals surface area contributed by atoms with Gasteiger partial charge in [0.15, 0.2) is 0 Å². The molecule has 0 aromatic rings. The third-order valence-electron chi connectivity index (χ3n) is 10.7. The molecule has 0 aromatic carbocycles. The number of aliphatic hydroxyl groups is 1. The van der Waals surface area contributed by atoms with E-state index < -0.39 is 5.97 Å². The first-order chi connectivity index (χ1) is 14.6. The summed E-state index contributed by atoms with van der Waals surface area (Å²) in [6.45, 7) is 7.13. The Kier molecular flexibility index (Phi) is 6.46. The molecule has 4 aliphatic rings. The summed E-state index contributed by atoms with van der Waals surface area (Å²) in [7, 11) is 0. The first kappa shape index (κ1) is 23.1. The summed E-state index contributed by atoms with van der Waals surface area (Å²) in [6.07, 6.45) is 12.3. The van der Waals surface area contributed by atoms with Gasteiger partial charge in [0.05, 0.1) is 6.10 Å². The Morgan fingerprint density at radius 1 is 1.00 bits per heavy atom. The molecule has 4 aliphatic carbocycles. The largest absolute Gasteiger partial charge is 0.480 e. The Balaban J connectivity index is 1.40. The minimum atomic E-state index is -0.986. The average Bonchev–Trinajstić information content (AvgIpc) is 3.08. The van der Waals surface area contributed by atoms with Gasteiger partial charge in [0.25, 0.3) is 0 Å². The van der Waals surface area contributed by atoms with Crippen molar-refractivity contribution in [2.24, 2.45) is 46.3 Å². The van der Waals surface area contributed by atoms with Gasteiger partial charge >= 0.3 is 5.97 Å². The summed E-state index contributed by atoms with van der Waals surface area (Å²) in [4.78, 5) is 22.7. The highest BCUT2D eigenvalue weighted by Gasteiger charge is 2.60. The van der Waals surface area contributed by atoms with Gasteiger partial charge in [-0.05, 0) is 111 Å². The molecule has 5 heteroatoms. The summed E-state index contributed by atoms with van der Waals surface area (Å²) >= 11 is 0. The van der Waals surface area contributed by atoms with E-state index in [1.807, 2.05) is 0 Å². The molecular formula is C26H43NO4. The summed E-state index contributed by atoms with van der Waals surface area (Å²) < 4.78 is 0. The first-order valence-electron chi connectivity index (χ1n) is 12.8. The fourth-order valence-electron chi connectivity index (χ4n) is 9.03. The molecule has 0 radical (unpaired) electrons. The molecule has 31 heavy (non-hydrogen) atoms. The number of amides is 1. The normalized spacial score (nSPS) is 45.2. The van der Waals surface area contributed by atoms with E-state index in [-0.39, 0.29) is 18.6 Å². The smallest absolute Gasteiger partial charge is 0.322 e. The van der Waals surface area contributed by atoms with Gasteiger partial charge in [-0.15, -0.1) is 0 Å². The minimum absolute atomic E-state index is 0.0760. The molecule has 5 nitrogen and oxygen atoms in total. The van der Waals surface area contributed by atoms with Crippen LogP contribution in [0.1, 0.15) is 91.4 Å².